The second-order valence-corrected chi connectivity index (χ2v) is 10.8. The van der Waals surface area contributed by atoms with Crippen molar-refractivity contribution in [2.45, 2.75) is 45.8 Å². The van der Waals surface area contributed by atoms with Crippen LogP contribution >= 0.6 is 0 Å². The van der Waals surface area contributed by atoms with Crippen LogP contribution in [0.2, 0.25) is 0 Å². The molecule has 0 saturated carbocycles. The Morgan fingerprint density at radius 2 is 1.84 bits per heavy atom. The predicted molar refractivity (Wildman–Crippen MR) is 155 cm³/mol. The number of allylic oxidation sites excluding steroid dienone is 2. The third-order valence-corrected chi connectivity index (χ3v) is 7.49. The van der Waals surface area contributed by atoms with Gasteiger partial charge in [0.25, 0.3) is 5.56 Å². The molecule has 0 spiro atoms. The molecule has 38 heavy (non-hydrogen) atoms. The molecule has 0 bridgehead atoms. The highest BCUT2D eigenvalue weighted by Gasteiger charge is 2.32. The molecule has 0 N–H and O–H groups in total. The van der Waals surface area contributed by atoms with Gasteiger partial charge in [-0.05, 0) is 37.0 Å². The maximum atomic E-state index is 13.6. The molecule has 0 aliphatic heterocycles. The van der Waals surface area contributed by atoms with Gasteiger partial charge in [-0.25, -0.2) is 4.79 Å². The number of pyridine rings is 1. The molecule has 0 amide bonds. The molecule has 7 heteroatoms. The Hall–Kier alpha value is -4.13. The molecule has 4 aromatic rings. The lowest BCUT2D eigenvalue weighted by molar-refractivity contribution is 0.502. The normalized spacial score (nSPS) is 17.0. The van der Waals surface area contributed by atoms with E-state index in [4.69, 9.17) is 0 Å². The van der Waals surface area contributed by atoms with Crippen LogP contribution in [-0.2, 0) is 20.1 Å². The Bertz CT molecular complexity index is 1640. The minimum absolute atomic E-state index is 0.251. The summed E-state index contributed by atoms with van der Waals surface area (Å²) in [4.78, 5) is 33.5. The number of nitrogens with zero attached hydrogens (tertiary/aromatic N) is 5. The fraction of sp³-hybridized carbons (Fsp3) is 0.323. The van der Waals surface area contributed by atoms with Gasteiger partial charge in [-0.15, -0.1) is 0 Å². The first-order valence-corrected chi connectivity index (χ1v) is 13.1. The van der Waals surface area contributed by atoms with E-state index < -0.39 is 0 Å². The van der Waals surface area contributed by atoms with E-state index in [1.54, 1.807) is 17.8 Å². The fourth-order valence-corrected chi connectivity index (χ4v) is 5.22. The Labute approximate surface area is 223 Å². The quantitative estimate of drug-likeness (QED) is 0.353. The van der Waals surface area contributed by atoms with E-state index >= 15 is 0 Å². The Balaban J connectivity index is 1.68. The Morgan fingerprint density at radius 3 is 2.47 bits per heavy atom. The third-order valence-electron chi connectivity index (χ3n) is 7.49. The maximum absolute atomic E-state index is 13.6. The van der Waals surface area contributed by atoms with Crippen LogP contribution in [0.3, 0.4) is 0 Å². The molecule has 196 valence electrons. The van der Waals surface area contributed by atoms with Crippen molar-refractivity contribution >= 4 is 16.7 Å². The lowest BCUT2D eigenvalue weighted by Crippen LogP contribution is -2.44. The summed E-state index contributed by atoms with van der Waals surface area (Å²) in [5, 5.41) is 0.574. The van der Waals surface area contributed by atoms with E-state index in [1.807, 2.05) is 31.4 Å². The number of benzene rings is 1. The number of aromatic nitrogens is 4. The molecule has 3 heterocycles. The van der Waals surface area contributed by atoms with Gasteiger partial charge < -0.3 is 9.47 Å². The smallest absolute Gasteiger partial charge is 0.331 e. The van der Waals surface area contributed by atoms with E-state index in [2.05, 4.69) is 83.8 Å². The second-order valence-electron chi connectivity index (χ2n) is 10.8. The summed E-state index contributed by atoms with van der Waals surface area (Å²) in [6, 6.07) is 14.2. The average Bonchev–Trinajstić information content (AvgIpc) is 3.29. The highest BCUT2D eigenvalue weighted by molar-refractivity contribution is 5.91. The maximum Gasteiger partial charge on any atom is 0.331 e. The summed E-state index contributed by atoms with van der Waals surface area (Å²) in [6.07, 6.45) is 13.0. The zero-order valence-electron chi connectivity index (χ0n) is 22.8. The van der Waals surface area contributed by atoms with Crippen molar-refractivity contribution in [1.29, 1.82) is 0 Å². The average molecular weight is 510 g/mol. The van der Waals surface area contributed by atoms with Crippen molar-refractivity contribution in [3.63, 3.8) is 0 Å². The van der Waals surface area contributed by atoms with Crippen molar-refractivity contribution in [2.24, 2.45) is 13.0 Å². The molecule has 5 rings (SSSR count). The largest absolute Gasteiger partial charge is 0.351 e. The highest BCUT2D eigenvalue weighted by atomic mass is 16.2. The van der Waals surface area contributed by atoms with Crippen LogP contribution in [0.25, 0.3) is 22.2 Å². The number of hydrogen-bond donors (Lipinski definition) is 0. The van der Waals surface area contributed by atoms with Crippen LogP contribution in [0.15, 0.2) is 88.8 Å². The Morgan fingerprint density at radius 1 is 1.08 bits per heavy atom. The summed E-state index contributed by atoms with van der Waals surface area (Å²) >= 11 is 0. The van der Waals surface area contributed by atoms with Gasteiger partial charge >= 0.3 is 5.69 Å². The van der Waals surface area contributed by atoms with Gasteiger partial charge in [0.2, 0.25) is 0 Å². The highest BCUT2D eigenvalue weighted by Crippen LogP contribution is 2.34. The van der Waals surface area contributed by atoms with E-state index in [0.29, 0.717) is 24.0 Å². The number of rotatable bonds is 7. The van der Waals surface area contributed by atoms with Crippen molar-refractivity contribution in [2.75, 3.05) is 11.9 Å². The summed E-state index contributed by atoms with van der Waals surface area (Å²) in [5.41, 5.74) is 2.89. The van der Waals surface area contributed by atoms with Crippen LogP contribution in [0, 0.1) is 5.92 Å². The standard InChI is InChI=1S/C31H35N5O2/c1-22(2)19-36-26-21-35(20-23-12-14-24(15-13-23)25-11-7-10-18-32-25)28(27(26)29(37)33(4)30(36)38)34(5)31(3)16-8-6-9-17-31/h6-16,18,21-22H,17,19-20H2,1-5H3. The molecule has 1 aromatic carbocycles. The van der Waals surface area contributed by atoms with Crippen molar-refractivity contribution < 1.29 is 0 Å². The molecule has 0 saturated heterocycles. The van der Waals surface area contributed by atoms with Crippen LogP contribution < -0.4 is 16.1 Å². The van der Waals surface area contributed by atoms with Gasteiger partial charge in [0, 0.05) is 45.1 Å². The second kappa shape index (κ2) is 9.97. The van der Waals surface area contributed by atoms with E-state index in [9.17, 15) is 9.59 Å². The lowest BCUT2D eigenvalue weighted by Gasteiger charge is -2.39. The van der Waals surface area contributed by atoms with Crippen LogP contribution in [0.1, 0.15) is 32.8 Å². The zero-order valence-corrected chi connectivity index (χ0v) is 22.8. The van der Waals surface area contributed by atoms with Crippen LogP contribution in [0.4, 0.5) is 5.82 Å². The molecule has 3 aromatic heterocycles. The van der Waals surface area contributed by atoms with Gasteiger partial charge in [-0.2, -0.15) is 0 Å². The number of hydrogen-bond acceptors (Lipinski definition) is 4. The summed E-state index contributed by atoms with van der Waals surface area (Å²) in [6.45, 7) is 7.43. The van der Waals surface area contributed by atoms with Crippen molar-refractivity contribution in [3.8, 4) is 11.3 Å². The summed E-state index contributed by atoms with van der Waals surface area (Å²) in [5.74, 6) is 1.07. The van der Waals surface area contributed by atoms with Crippen LogP contribution in [0.5, 0.6) is 0 Å². The lowest BCUT2D eigenvalue weighted by atomic mass is 9.92. The van der Waals surface area contributed by atoms with E-state index in [1.165, 1.54) is 4.57 Å². The number of anilines is 1. The summed E-state index contributed by atoms with van der Waals surface area (Å²) in [7, 11) is 3.61. The number of fused-ring (bicyclic) bond motifs is 1. The topological polar surface area (TPSA) is 65.1 Å². The zero-order chi connectivity index (χ0) is 27.0. The first-order chi connectivity index (χ1) is 18.2. The molecule has 1 atom stereocenters. The first-order valence-electron chi connectivity index (χ1n) is 13.1. The van der Waals surface area contributed by atoms with Gasteiger partial charge in [0.05, 0.1) is 16.7 Å². The third kappa shape index (κ3) is 4.53. The number of likely N-dealkylation sites (N-methyl/N-ethyl adjacent to an activating group) is 1. The van der Waals surface area contributed by atoms with Gasteiger partial charge in [0.1, 0.15) is 11.2 Å². The molecule has 0 fully saturated rings. The monoisotopic (exact) mass is 509 g/mol. The fourth-order valence-electron chi connectivity index (χ4n) is 5.22. The first kappa shape index (κ1) is 25.5. The minimum atomic E-state index is -0.315. The molecule has 0 radical (unpaired) electrons. The van der Waals surface area contributed by atoms with Gasteiger partial charge in [-0.3, -0.25) is 18.9 Å². The molecular formula is C31H35N5O2. The predicted octanol–water partition coefficient (Wildman–Crippen LogP) is 4.98. The van der Waals surface area contributed by atoms with Gasteiger partial charge in [-0.1, -0.05) is 68.5 Å². The molecule has 1 unspecified atom stereocenters. The molecular weight excluding hydrogens is 474 g/mol. The minimum Gasteiger partial charge on any atom is -0.351 e. The van der Waals surface area contributed by atoms with Crippen molar-refractivity contribution in [3.05, 3.63) is 106 Å². The van der Waals surface area contributed by atoms with Crippen LogP contribution in [-0.4, -0.2) is 31.3 Å². The van der Waals surface area contributed by atoms with Crippen molar-refractivity contribution in [1.82, 2.24) is 18.7 Å². The van der Waals surface area contributed by atoms with E-state index in [0.717, 1.165) is 29.1 Å². The molecule has 7 nitrogen and oxygen atoms in total. The SMILES string of the molecule is CC(C)Cn1c(=O)n(C)c(=O)c2c(N(C)C3(C)C=CC=CC3)n(Cc3ccc(-c4ccccn4)cc3)cc21. The summed E-state index contributed by atoms with van der Waals surface area (Å²) < 4.78 is 5.11. The van der Waals surface area contributed by atoms with E-state index in [-0.39, 0.29) is 22.7 Å². The van der Waals surface area contributed by atoms with Gasteiger partial charge in [0.15, 0.2) is 0 Å². The molecule has 1 aliphatic rings. The molecule has 1 aliphatic carbocycles. The Kier molecular flexibility index (Phi) is 6.69.